The van der Waals surface area contributed by atoms with Crippen molar-refractivity contribution in [3.8, 4) is 17.2 Å². The lowest BCUT2D eigenvalue weighted by Crippen LogP contribution is -2.29. The molecule has 9 heteroatoms. The highest BCUT2D eigenvalue weighted by Crippen LogP contribution is 2.45. The number of ketones is 1. The molecule has 1 aromatic heterocycles. The molecule has 0 radical (unpaired) electrons. The molecule has 1 fully saturated rings. The number of aromatic nitrogens is 1. The Balaban J connectivity index is 1.30. The number of anilines is 1. The molecule has 2 aliphatic heterocycles. The molecule has 2 unspecified atom stereocenters. The summed E-state index contributed by atoms with van der Waals surface area (Å²) in [6.07, 6.45) is 0.710. The van der Waals surface area contributed by atoms with Crippen LogP contribution in [0.5, 0.6) is 17.2 Å². The summed E-state index contributed by atoms with van der Waals surface area (Å²) in [5.74, 6) is 0.306. The van der Waals surface area contributed by atoms with Gasteiger partial charge in [-0.1, -0.05) is 53.8 Å². The Morgan fingerprint density at radius 2 is 1.76 bits per heavy atom. The maximum Gasteiger partial charge on any atom is 0.301 e. The topological polar surface area (TPSA) is 98.2 Å². The monoisotopic (exact) mass is 618 g/mol. The molecule has 5 aromatic rings. The first-order valence-electron chi connectivity index (χ1n) is 14.8. The van der Waals surface area contributed by atoms with Crippen LogP contribution in [0.15, 0.2) is 96.6 Å². The molecular formula is C36H30N2O6S. The van der Waals surface area contributed by atoms with Gasteiger partial charge in [0.15, 0.2) is 5.13 Å². The maximum atomic E-state index is 13.8. The third-order valence-electron chi connectivity index (χ3n) is 7.92. The zero-order valence-electron chi connectivity index (χ0n) is 24.7. The number of ether oxygens (including phenoxy) is 3. The molecule has 2 aliphatic rings. The molecule has 1 amide bonds. The molecular weight excluding hydrogens is 588 g/mol. The minimum Gasteiger partial charge on any atom is -0.507 e. The van der Waals surface area contributed by atoms with Gasteiger partial charge in [0.2, 0.25) is 0 Å². The second-order valence-electron chi connectivity index (χ2n) is 11.0. The van der Waals surface area contributed by atoms with Crippen molar-refractivity contribution >= 4 is 44.1 Å². The molecule has 226 valence electrons. The Bertz CT molecular complexity index is 1950. The van der Waals surface area contributed by atoms with Gasteiger partial charge in [0.1, 0.15) is 35.7 Å². The standard InChI is InChI=1S/C36H30N2O6S/c1-3-42-27-14-15-28-30(19-27)45-36(37-28)38-32(23-9-12-26(13-10-23)43-20-22-7-5-4-6-8-22)31(34(40)35(38)41)33(39)24-11-16-29-25(18-24)17-21(2)44-29/h4-16,18-19,21,32,39H,3,17,20H2,1-2H3/b33-31+. The van der Waals surface area contributed by atoms with Crippen LogP contribution >= 0.6 is 11.3 Å². The fourth-order valence-electron chi connectivity index (χ4n) is 5.81. The zero-order valence-corrected chi connectivity index (χ0v) is 25.5. The molecule has 0 saturated carbocycles. The quantitative estimate of drug-likeness (QED) is 0.111. The van der Waals surface area contributed by atoms with Crippen LogP contribution in [0.25, 0.3) is 16.0 Å². The minimum absolute atomic E-state index is 0.000806. The van der Waals surface area contributed by atoms with Crippen LogP contribution in [0.4, 0.5) is 5.13 Å². The van der Waals surface area contributed by atoms with Crippen LogP contribution < -0.4 is 19.1 Å². The van der Waals surface area contributed by atoms with Gasteiger partial charge in [-0.15, -0.1) is 0 Å². The Morgan fingerprint density at radius 3 is 2.53 bits per heavy atom. The van der Waals surface area contributed by atoms with Crippen LogP contribution in [0, 0.1) is 0 Å². The fourth-order valence-corrected chi connectivity index (χ4v) is 6.83. The highest BCUT2D eigenvalue weighted by molar-refractivity contribution is 7.22. The molecule has 1 N–H and O–H groups in total. The largest absolute Gasteiger partial charge is 0.507 e. The average molecular weight is 619 g/mol. The molecule has 4 aromatic carbocycles. The summed E-state index contributed by atoms with van der Waals surface area (Å²) in [5, 5.41) is 12.0. The molecule has 1 saturated heterocycles. The highest BCUT2D eigenvalue weighted by Gasteiger charge is 2.48. The van der Waals surface area contributed by atoms with E-state index in [2.05, 4.69) is 0 Å². The number of benzene rings is 4. The lowest BCUT2D eigenvalue weighted by atomic mass is 9.94. The summed E-state index contributed by atoms with van der Waals surface area (Å²) in [6, 6.07) is 27.0. The Hall–Kier alpha value is -5.15. The summed E-state index contributed by atoms with van der Waals surface area (Å²) in [7, 11) is 0. The lowest BCUT2D eigenvalue weighted by Gasteiger charge is -2.23. The molecule has 8 nitrogen and oxygen atoms in total. The number of aliphatic hydroxyl groups excluding tert-OH is 1. The Morgan fingerprint density at radius 1 is 0.978 bits per heavy atom. The van der Waals surface area contributed by atoms with E-state index in [0.717, 1.165) is 21.6 Å². The van der Waals surface area contributed by atoms with Gasteiger partial charge in [0.05, 0.1) is 28.4 Å². The number of Topliss-reactive ketones (excluding diaryl/α,β-unsaturated/α-hetero) is 1. The number of carbonyl (C=O) groups excluding carboxylic acids is 2. The average Bonchev–Trinajstić information content (AvgIpc) is 3.72. The maximum absolute atomic E-state index is 13.8. The third kappa shape index (κ3) is 5.40. The summed E-state index contributed by atoms with van der Waals surface area (Å²) >= 11 is 1.29. The molecule has 2 atom stereocenters. The Labute approximate surface area is 264 Å². The first-order chi connectivity index (χ1) is 21.9. The van der Waals surface area contributed by atoms with Gasteiger partial charge in [-0.25, -0.2) is 4.98 Å². The van der Waals surface area contributed by atoms with Crippen molar-refractivity contribution in [3.63, 3.8) is 0 Å². The number of rotatable bonds is 8. The summed E-state index contributed by atoms with van der Waals surface area (Å²) in [6.45, 7) is 4.81. The number of aliphatic hydroxyl groups is 1. The number of nitrogens with zero attached hydrogens (tertiary/aromatic N) is 2. The molecule has 0 bridgehead atoms. The van der Waals surface area contributed by atoms with Crippen molar-refractivity contribution in [3.05, 3.63) is 119 Å². The van der Waals surface area contributed by atoms with Gasteiger partial charge in [-0.2, -0.15) is 0 Å². The van der Waals surface area contributed by atoms with Crippen LogP contribution in [-0.4, -0.2) is 34.5 Å². The van der Waals surface area contributed by atoms with E-state index in [1.807, 2.05) is 80.6 Å². The van der Waals surface area contributed by atoms with E-state index in [9.17, 15) is 14.7 Å². The van der Waals surface area contributed by atoms with Crippen LogP contribution in [0.1, 0.15) is 42.1 Å². The number of thiazole rings is 1. The predicted octanol–water partition coefficient (Wildman–Crippen LogP) is 7.22. The predicted molar refractivity (Wildman–Crippen MR) is 173 cm³/mol. The number of hydrogen-bond acceptors (Lipinski definition) is 8. The molecule has 0 aliphatic carbocycles. The highest BCUT2D eigenvalue weighted by atomic mass is 32.1. The van der Waals surface area contributed by atoms with Crippen molar-refractivity contribution in [2.45, 2.75) is 39.0 Å². The van der Waals surface area contributed by atoms with Crippen LogP contribution in [0.3, 0.4) is 0 Å². The van der Waals surface area contributed by atoms with Gasteiger partial charge in [-0.3, -0.25) is 14.5 Å². The lowest BCUT2D eigenvalue weighted by molar-refractivity contribution is -0.132. The van der Waals surface area contributed by atoms with Crippen molar-refractivity contribution in [2.24, 2.45) is 0 Å². The van der Waals surface area contributed by atoms with E-state index in [1.165, 1.54) is 16.2 Å². The minimum atomic E-state index is -0.913. The van der Waals surface area contributed by atoms with E-state index >= 15 is 0 Å². The van der Waals surface area contributed by atoms with Crippen molar-refractivity contribution < 1.29 is 28.9 Å². The van der Waals surface area contributed by atoms with Gasteiger partial charge >= 0.3 is 5.91 Å². The van der Waals surface area contributed by atoms with Gasteiger partial charge < -0.3 is 19.3 Å². The molecule has 0 spiro atoms. The first kappa shape index (κ1) is 28.6. The molecule has 3 heterocycles. The number of hydrogen-bond donors (Lipinski definition) is 1. The number of fused-ring (bicyclic) bond motifs is 2. The van der Waals surface area contributed by atoms with Crippen molar-refractivity contribution in [1.29, 1.82) is 0 Å². The number of amides is 1. The smallest absolute Gasteiger partial charge is 0.301 e. The van der Waals surface area contributed by atoms with E-state index in [-0.39, 0.29) is 17.4 Å². The van der Waals surface area contributed by atoms with E-state index in [0.29, 0.717) is 52.9 Å². The normalized spacial score (nSPS) is 18.7. The van der Waals surface area contributed by atoms with Crippen molar-refractivity contribution in [2.75, 3.05) is 11.5 Å². The zero-order chi connectivity index (χ0) is 31.1. The van der Waals surface area contributed by atoms with E-state index in [1.54, 1.807) is 24.3 Å². The Kier molecular flexibility index (Phi) is 7.47. The number of carbonyl (C=O) groups is 2. The first-order valence-corrected chi connectivity index (χ1v) is 15.6. The summed E-state index contributed by atoms with van der Waals surface area (Å²) in [5.41, 5.74) is 3.73. The van der Waals surface area contributed by atoms with E-state index in [4.69, 9.17) is 19.2 Å². The second-order valence-corrected chi connectivity index (χ2v) is 12.0. The molecule has 45 heavy (non-hydrogen) atoms. The van der Waals surface area contributed by atoms with E-state index < -0.39 is 17.7 Å². The van der Waals surface area contributed by atoms with Crippen molar-refractivity contribution in [1.82, 2.24) is 4.98 Å². The summed E-state index contributed by atoms with van der Waals surface area (Å²) in [4.78, 5) is 33.6. The molecule has 7 rings (SSSR count). The SMILES string of the molecule is CCOc1ccc2nc(N3C(=O)C(=O)/C(=C(/O)c4ccc5c(c4)CC(C)O5)C3c3ccc(OCc4ccccc4)cc3)sc2c1. The van der Waals surface area contributed by atoms with Crippen LogP contribution in [-0.2, 0) is 22.6 Å². The second kappa shape index (κ2) is 11.7. The van der Waals surface area contributed by atoms with Gasteiger partial charge in [-0.05, 0) is 79.1 Å². The fraction of sp³-hybridized carbons (Fsp3) is 0.194. The van der Waals surface area contributed by atoms with Gasteiger partial charge in [0, 0.05) is 12.0 Å². The summed E-state index contributed by atoms with van der Waals surface area (Å²) < 4.78 is 18.3. The third-order valence-corrected chi connectivity index (χ3v) is 8.94. The van der Waals surface area contributed by atoms with Crippen LogP contribution in [0.2, 0.25) is 0 Å². The van der Waals surface area contributed by atoms with Gasteiger partial charge in [0.25, 0.3) is 5.78 Å².